The molecular weight excluding hydrogens is 356 g/mol. The summed E-state index contributed by atoms with van der Waals surface area (Å²) < 4.78 is 23.3. The Bertz CT molecular complexity index is 999. The Balaban J connectivity index is 2.13. The van der Waals surface area contributed by atoms with Gasteiger partial charge in [0, 0.05) is 35.5 Å². The summed E-state index contributed by atoms with van der Waals surface area (Å²) in [7, 11) is -3.24. The molecular formula is C19H17ClN2O2S. The highest BCUT2D eigenvalue weighted by molar-refractivity contribution is 7.90. The molecule has 0 aliphatic heterocycles. The monoisotopic (exact) mass is 372 g/mol. The quantitative estimate of drug-likeness (QED) is 0.679. The van der Waals surface area contributed by atoms with E-state index in [9.17, 15) is 8.42 Å². The number of sulfone groups is 1. The molecule has 0 atom stereocenters. The molecule has 1 aromatic carbocycles. The van der Waals surface area contributed by atoms with E-state index in [4.69, 9.17) is 11.6 Å². The number of aryl methyl sites for hydroxylation is 1. The van der Waals surface area contributed by atoms with E-state index < -0.39 is 9.84 Å². The lowest BCUT2D eigenvalue weighted by atomic mass is 10.00. The molecule has 2 aromatic heterocycles. The lowest BCUT2D eigenvalue weighted by Crippen LogP contribution is -1.97. The van der Waals surface area contributed by atoms with Crippen LogP contribution < -0.4 is 0 Å². The van der Waals surface area contributed by atoms with E-state index >= 15 is 0 Å². The number of nitrogens with zero attached hydrogens (tertiary/aromatic N) is 2. The van der Waals surface area contributed by atoms with Gasteiger partial charge in [-0.05, 0) is 42.3 Å². The average molecular weight is 373 g/mol. The lowest BCUT2D eigenvalue weighted by molar-refractivity contribution is 0.602. The van der Waals surface area contributed by atoms with Crippen LogP contribution in [0.5, 0.6) is 0 Å². The van der Waals surface area contributed by atoms with Crippen molar-refractivity contribution in [3.05, 3.63) is 65.6 Å². The van der Waals surface area contributed by atoms with Crippen molar-refractivity contribution in [3.8, 4) is 22.4 Å². The fraction of sp³-hybridized carbons (Fsp3) is 0.158. The van der Waals surface area contributed by atoms with Crippen LogP contribution in [0.4, 0.5) is 0 Å². The van der Waals surface area contributed by atoms with Gasteiger partial charge in [0.15, 0.2) is 9.84 Å². The molecule has 4 nitrogen and oxygen atoms in total. The predicted molar refractivity (Wildman–Crippen MR) is 100 cm³/mol. The summed E-state index contributed by atoms with van der Waals surface area (Å²) in [6, 6.07) is 12.3. The zero-order valence-corrected chi connectivity index (χ0v) is 15.5. The first-order valence-electron chi connectivity index (χ1n) is 7.80. The maximum Gasteiger partial charge on any atom is 0.175 e. The summed E-state index contributed by atoms with van der Waals surface area (Å²) in [6.45, 7) is 2.05. The van der Waals surface area contributed by atoms with Gasteiger partial charge in [0.2, 0.25) is 0 Å². The van der Waals surface area contributed by atoms with Crippen LogP contribution in [0.15, 0.2) is 59.8 Å². The fourth-order valence-corrected chi connectivity index (χ4v) is 3.46. The van der Waals surface area contributed by atoms with Crippen LogP contribution in [0.2, 0.25) is 5.02 Å². The summed E-state index contributed by atoms with van der Waals surface area (Å²) in [5, 5.41) is 0.552. The molecule has 3 rings (SSSR count). The van der Waals surface area contributed by atoms with Crippen LogP contribution >= 0.6 is 11.6 Å². The molecule has 6 heteroatoms. The first-order valence-corrected chi connectivity index (χ1v) is 10.1. The van der Waals surface area contributed by atoms with E-state index in [-0.39, 0.29) is 4.90 Å². The molecule has 0 bridgehead atoms. The van der Waals surface area contributed by atoms with Gasteiger partial charge in [-0.3, -0.25) is 9.97 Å². The molecule has 0 fully saturated rings. The fourth-order valence-electron chi connectivity index (χ4n) is 2.57. The van der Waals surface area contributed by atoms with Crippen LogP contribution in [-0.2, 0) is 16.3 Å². The van der Waals surface area contributed by atoms with E-state index in [0.29, 0.717) is 5.02 Å². The van der Waals surface area contributed by atoms with Gasteiger partial charge in [0.05, 0.1) is 15.6 Å². The van der Waals surface area contributed by atoms with Crippen LogP contribution in [0.3, 0.4) is 0 Å². The Morgan fingerprint density at radius 1 is 0.960 bits per heavy atom. The molecule has 0 aliphatic carbocycles. The van der Waals surface area contributed by atoms with Crippen molar-refractivity contribution < 1.29 is 8.42 Å². The summed E-state index contributed by atoms with van der Waals surface area (Å²) >= 11 is 6.42. The van der Waals surface area contributed by atoms with Gasteiger partial charge >= 0.3 is 0 Å². The van der Waals surface area contributed by atoms with Crippen molar-refractivity contribution in [3.63, 3.8) is 0 Å². The number of pyridine rings is 2. The highest BCUT2D eigenvalue weighted by atomic mass is 35.5. The second-order valence-electron chi connectivity index (χ2n) is 5.70. The van der Waals surface area contributed by atoms with Gasteiger partial charge in [-0.1, -0.05) is 30.7 Å². The van der Waals surface area contributed by atoms with E-state index in [0.717, 1.165) is 34.5 Å². The lowest BCUT2D eigenvalue weighted by Gasteiger charge is -2.12. The third kappa shape index (κ3) is 3.72. The molecule has 3 aromatic rings. The first-order chi connectivity index (χ1) is 11.9. The number of rotatable bonds is 4. The molecule has 0 unspecified atom stereocenters. The van der Waals surface area contributed by atoms with Gasteiger partial charge in [0.1, 0.15) is 0 Å². The molecule has 0 N–H and O–H groups in total. The maximum atomic E-state index is 11.6. The van der Waals surface area contributed by atoms with Crippen molar-refractivity contribution in [2.24, 2.45) is 0 Å². The molecule has 0 radical (unpaired) electrons. The van der Waals surface area contributed by atoms with E-state index in [1.807, 2.05) is 12.1 Å². The third-order valence-electron chi connectivity index (χ3n) is 3.93. The minimum Gasteiger partial charge on any atom is -0.261 e. The zero-order chi connectivity index (χ0) is 18.0. The van der Waals surface area contributed by atoms with Gasteiger partial charge < -0.3 is 0 Å². The Morgan fingerprint density at radius 3 is 2.20 bits per heavy atom. The molecule has 2 heterocycles. The molecule has 0 amide bonds. The molecule has 0 aliphatic rings. The third-order valence-corrected chi connectivity index (χ3v) is 5.38. The van der Waals surface area contributed by atoms with Crippen LogP contribution in [0.1, 0.15) is 12.6 Å². The van der Waals surface area contributed by atoms with E-state index in [1.165, 1.54) is 6.26 Å². The average Bonchev–Trinajstić information content (AvgIpc) is 2.61. The van der Waals surface area contributed by atoms with Gasteiger partial charge in [0.25, 0.3) is 0 Å². The second kappa shape index (κ2) is 6.94. The molecule has 25 heavy (non-hydrogen) atoms. The number of hydrogen-bond donors (Lipinski definition) is 0. The largest absolute Gasteiger partial charge is 0.261 e. The number of hydrogen-bond acceptors (Lipinski definition) is 4. The number of aromatic nitrogens is 2. The molecule has 0 spiro atoms. The minimum atomic E-state index is -3.24. The van der Waals surface area contributed by atoms with E-state index in [2.05, 4.69) is 16.9 Å². The van der Waals surface area contributed by atoms with Crippen molar-refractivity contribution >= 4 is 21.4 Å². The standard InChI is InChI=1S/C19H17ClN2O2S/c1-3-15-7-4-14(12-22-15)19-18(17(20)10-11-21-19)13-5-8-16(9-6-13)25(2,23)24/h4-12H,3H2,1-2H3. The normalized spacial score (nSPS) is 11.5. The van der Waals surface area contributed by atoms with Crippen LogP contribution in [-0.4, -0.2) is 24.6 Å². The molecule has 0 saturated heterocycles. The van der Waals surface area contributed by atoms with Gasteiger partial charge in [-0.2, -0.15) is 0 Å². The Kier molecular flexibility index (Phi) is 4.88. The predicted octanol–water partition coefficient (Wildman–Crippen LogP) is 4.43. The highest BCUT2D eigenvalue weighted by Crippen LogP contribution is 2.36. The van der Waals surface area contributed by atoms with Crippen molar-refractivity contribution in [1.29, 1.82) is 0 Å². The summed E-state index contributed by atoms with van der Waals surface area (Å²) in [6.07, 6.45) is 5.49. The Morgan fingerprint density at radius 2 is 1.64 bits per heavy atom. The zero-order valence-electron chi connectivity index (χ0n) is 13.9. The van der Waals surface area contributed by atoms with Crippen LogP contribution in [0.25, 0.3) is 22.4 Å². The summed E-state index contributed by atoms with van der Waals surface area (Å²) in [5.74, 6) is 0. The second-order valence-corrected chi connectivity index (χ2v) is 8.13. The molecule has 0 saturated carbocycles. The van der Waals surface area contributed by atoms with E-state index in [1.54, 1.807) is 42.7 Å². The number of benzene rings is 1. The first kappa shape index (κ1) is 17.6. The van der Waals surface area contributed by atoms with Crippen molar-refractivity contribution in [2.75, 3.05) is 6.26 Å². The minimum absolute atomic E-state index is 0.270. The van der Waals surface area contributed by atoms with Crippen molar-refractivity contribution in [1.82, 2.24) is 9.97 Å². The maximum absolute atomic E-state index is 11.6. The topological polar surface area (TPSA) is 59.9 Å². The van der Waals surface area contributed by atoms with Crippen LogP contribution in [0, 0.1) is 0 Å². The Labute approximate surface area is 152 Å². The summed E-state index contributed by atoms with van der Waals surface area (Å²) in [4.78, 5) is 9.16. The summed E-state index contributed by atoms with van der Waals surface area (Å²) in [5.41, 5.74) is 4.15. The SMILES string of the molecule is CCc1ccc(-c2nccc(Cl)c2-c2ccc(S(C)(=O)=O)cc2)cn1. The Hall–Kier alpha value is -2.24. The van der Waals surface area contributed by atoms with Gasteiger partial charge in [-0.15, -0.1) is 0 Å². The van der Waals surface area contributed by atoms with Gasteiger partial charge in [-0.25, -0.2) is 8.42 Å². The van der Waals surface area contributed by atoms with Crippen molar-refractivity contribution in [2.45, 2.75) is 18.2 Å². The highest BCUT2D eigenvalue weighted by Gasteiger charge is 2.14. The molecule has 128 valence electrons. The number of halogens is 1. The smallest absolute Gasteiger partial charge is 0.175 e.